The van der Waals surface area contributed by atoms with E-state index in [4.69, 9.17) is 16.3 Å². The monoisotopic (exact) mass is 489 g/mol. The molecule has 1 aliphatic rings. The maximum absolute atomic E-state index is 12.9. The van der Waals surface area contributed by atoms with Crippen molar-refractivity contribution in [3.63, 3.8) is 0 Å². The molecule has 0 radical (unpaired) electrons. The van der Waals surface area contributed by atoms with Crippen molar-refractivity contribution in [3.05, 3.63) is 108 Å². The van der Waals surface area contributed by atoms with Crippen LogP contribution in [-0.2, 0) is 16.6 Å². The predicted molar refractivity (Wildman–Crippen MR) is 135 cm³/mol. The predicted octanol–water partition coefficient (Wildman–Crippen LogP) is 6.06. The van der Waals surface area contributed by atoms with Crippen molar-refractivity contribution < 1.29 is 13.2 Å². The standard InChI is InChI=1S/C26H20ClN3O3S/c27-21-9-4-5-10-22(21)33-23-11-6-12-24-25(23)29-26(30-34(24,31)32)28-17-18-13-15-20(16-14-18)19-7-2-1-3-8-19/h1-16H,17H2,(H2,28,29,30). The third kappa shape index (κ3) is 4.62. The van der Waals surface area contributed by atoms with Gasteiger partial charge < -0.3 is 10.1 Å². The Bertz CT molecular complexity index is 1470. The van der Waals surface area contributed by atoms with Gasteiger partial charge in [0.25, 0.3) is 10.0 Å². The molecule has 0 saturated heterocycles. The fourth-order valence-corrected chi connectivity index (χ4v) is 4.92. The summed E-state index contributed by atoms with van der Waals surface area (Å²) in [5, 5.41) is 3.48. The number of para-hydroxylation sites is 2. The molecule has 5 rings (SSSR count). The van der Waals surface area contributed by atoms with Crippen molar-refractivity contribution in [2.45, 2.75) is 11.4 Å². The lowest BCUT2D eigenvalue weighted by Gasteiger charge is -2.23. The van der Waals surface area contributed by atoms with Gasteiger partial charge in [-0.1, -0.05) is 84.4 Å². The lowest BCUT2D eigenvalue weighted by atomic mass is 10.0. The molecular formula is C26H20ClN3O3S. The zero-order valence-corrected chi connectivity index (χ0v) is 19.5. The number of hydrogen-bond acceptors (Lipinski definition) is 4. The third-order valence-electron chi connectivity index (χ3n) is 5.29. The Morgan fingerprint density at radius 2 is 1.44 bits per heavy atom. The van der Waals surface area contributed by atoms with Crippen LogP contribution in [0.15, 0.2) is 107 Å². The summed E-state index contributed by atoms with van der Waals surface area (Å²) in [6.07, 6.45) is 0. The molecule has 4 aromatic rings. The largest absolute Gasteiger partial charge is 0.454 e. The number of halogens is 1. The second-order valence-electron chi connectivity index (χ2n) is 7.62. The van der Waals surface area contributed by atoms with Crippen molar-refractivity contribution in [2.24, 2.45) is 4.99 Å². The van der Waals surface area contributed by atoms with Gasteiger partial charge in [0.05, 0.1) is 11.6 Å². The fraction of sp³-hybridized carbons (Fsp3) is 0.0385. The molecule has 0 spiro atoms. The van der Waals surface area contributed by atoms with Crippen molar-refractivity contribution in [1.29, 1.82) is 0 Å². The summed E-state index contributed by atoms with van der Waals surface area (Å²) in [7, 11) is -3.82. The maximum atomic E-state index is 12.9. The summed E-state index contributed by atoms with van der Waals surface area (Å²) in [6, 6.07) is 29.9. The van der Waals surface area contributed by atoms with Gasteiger partial charge in [0.2, 0.25) is 5.96 Å². The maximum Gasteiger partial charge on any atom is 0.266 e. The van der Waals surface area contributed by atoms with Gasteiger partial charge in [-0.3, -0.25) is 0 Å². The normalized spacial score (nSPS) is 15.1. The third-order valence-corrected chi connectivity index (χ3v) is 6.98. The first-order valence-corrected chi connectivity index (χ1v) is 12.4. The summed E-state index contributed by atoms with van der Waals surface area (Å²) in [5.74, 6) is 0.873. The highest BCUT2D eigenvalue weighted by Gasteiger charge is 2.29. The molecule has 1 aliphatic heterocycles. The van der Waals surface area contributed by atoms with Crippen molar-refractivity contribution in [1.82, 2.24) is 4.72 Å². The number of guanidine groups is 1. The summed E-state index contributed by atoms with van der Waals surface area (Å²) in [4.78, 5) is 4.52. The number of aliphatic imine (C=N–C) groups is 1. The van der Waals surface area contributed by atoms with E-state index in [-0.39, 0.29) is 10.9 Å². The van der Waals surface area contributed by atoms with E-state index in [2.05, 4.69) is 27.2 Å². The highest BCUT2D eigenvalue weighted by molar-refractivity contribution is 7.90. The SMILES string of the molecule is O=S1(=O)NC(=NCc2ccc(-c3ccccc3)cc2)Nc2c(Oc3ccccc3Cl)cccc21. The zero-order chi connectivity index (χ0) is 23.5. The molecule has 0 atom stereocenters. The first-order valence-electron chi connectivity index (χ1n) is 10.5. The number of nitrogens with zero attached hydrogens (tertiary/aromatic N) is 1. The Balaban J connectivity index is 1.39. The molecule has 34 heavy (non-hydrogen) atoms. The van der Waals surface area contributed by atoms with Gasteiger partial charge in [0.15, 0.2) is 5.75 Å². The highest BCUT2D eigenvalue weighted by atomic mass is 35.5. The Hall–Kier alpha value is -3.81. The molecule has 6 nitrogen and oxygen atoms in total. The van der Waals surface area contributed by atoms with E-state index in [1.54, 1.807) is 36.4 Å². The second kappa shape index (κ2) is 9.21. The Labute approximate surface area is 202 Å². The van der Waals surface area contributed by atoms with Crippen LogP contribution in [0.2, 0.25) is 5.02 Å². The zero-order valence-electron chi connectivity index (χ0n) is 17.9. The van der Waals surface area contributed by atoms with Gasteiger partial charge in [-0.2, -0.15) is 0 Å². The van der Waals surface area contributed by atoms with Crippen LogP contribution >= 0.6 is 11.6 Å². The molecular weight excluding hydrogens is 470 g/mol. The van der Waals surface area contributed by atoms with Crippen LogP contribution < -0.4 is 14.8 Å². The molecule has 0 aromatic heterocycles. The van der Waals surface area contributed by atoms with Crippen LogP contribution in [0.3, 0.4) is 0 Å². The number of hydrogen-bond donors (Lipinski definition) is 2. The number of sulfonamides is 1. The van der Waals surface area contributed by atoms with E-state index in [1.165, 1.54) is 6.07 Å². The highest BCUT2D eigenvalue weighted by Crippen LogP contribution is 2.38. The van der Waals surface area contributed by atoms with Gasteiger partial charge >= 0.3 is 0 Å². The minimum atomic E-state index is -3.82. The van der Waals surface area contributed by atoms with Crippen molar-refractivity contribution >= 4 is 33.3 Å². The van der Waals surface area contributed by atoms with Crippen LogP contribution in [-0.4, -0.2) is 14.4 Å². The average molecular weight is 490 g/mol. The average Bonchev–Trinajstić information content (AvgIpc) is 2.85. The van der Waals surface area contributed by atoms with Crippen LogP contribution in [0.4, 0.5) is 5.69 Å². The van der Waals surface area contributed by atoms with Crippen LogP contribution in [0.5, 0.6) is 11.5 Å². The summed E-state index contributed by atoms with van der Waals surface area (Å²) in [6.45, 7) is 0.294. The number of nitrogens with one attached hydrogen (secondary N) is 2. The van der Waals surface area contributed by atoms with E-state index in [9.17, 15) is 8.42 Å². The van der Waals surface area contributed by atoms with Crippen molar-refractivity contribution in [3.8, 4) is 22.6 Å². The van der Waals surface area contributed by atoms with Gasteiger partial charge in [0, 0.05) is 0 Å². The fourth-order valence-electron chi connectivity index (χ4n) is 3.59. The van der Waals surface area contributed by atoms with E-state index in [0.717, 1.165) is 16.7 Å². The van der Waals surface area contributed by atoms with Gasteiger partial charge in [-0.25, -0.2) is 18.1 Å². The second-order valence-corrected chi connectivity index (χ2v) is 9.68. The van der Waals surface area contributed by atoms with E-state index in [0.29, 0.717) is 28.8 Å². The smallest absolute Gasteiger partial charge is 0.266 e. The lowest BCUT2D eigenvalue weighted by Crippen LogP contribution is -2.40. The first-order chi connectivity index (χ1) is 16.5. The number of ether oxygens (including phenoxy) is 1. The van der Waals surface area contributed by atoms with Crippen molar-refractivity contribution in [2.75, 3.05) is 5.32 Å². The van der Waals surface area contributed by atoms with Gasteiger partial charge in [-0.15, -0.1) is 0 Å². The van der Waals surface area contributed by atoms with Crippen LogP contribution in [0.1, 0.15) is 5.56 Å². The summed E-state index contributed by atoms with van der Waals surface area (Å²) >= 11 is 6.21. The Morgan fingerprint density at radius 1 is 0.765 bits per heavy atom. The molecule has 1 heterocycles. The Kier molecular flexibility index (Phi) is 5.96. The van der Waals surface area contributed by atoms with Gasteiger partial charge in [-0.05, 0) is 41.0 Å². The molecule has 0 bridgehead atoms. The molecule has 0 fully saturated rings. The lowest BCUT2D eigenvalue weighted by molar-refractivity contribution is 0.483. The van der Waals surface area contributed by atoms with Gasteiger partial charge in [0.1, 0.15) is 16.3 Å². The molecule has 170 valence electrons. The number of fused-ring (bicyclic) bond motifs is 1. The van der Waals surface area contributed by atoms with E-state index >= 15 is 0 Å². The molecule has 0 unspecified atom stereocenters. The van der Waals surface area contributed by atoms with Crippen LogP contribution in [0.25, 0.3) is 11.1 Å². The first kappa shape index (κ1) is 22.0. The van der Waals surface area contributed by atoms with Crippen LogP contribution in [0, 0.1) is 0 Å². The molecule has 0 aliphatic carbocycles. The minimum Gasteiger partial charge on any atom is -0.454 e. The molecule has 0 amide bonds. The van der Waals surface area contributed by atoms with E-state index in [1.807, 2.05) is 42.5 Å². The number of rotatable bonds is 5. The summed E-state index contributed by atoms with van der Waals surface area (Å²) in [5.41, 5.74) is 3.48. The minimum absolute atomic E-state index is 0.0724. The molecule has 2 N–H and O–H groups in total. The number of benzene rings is 4. The molecule has 4 aromatic carbocycles. The Morgan fingerprint density at radius 3 is 2.21 bits per heavy atom. The quantitative estimate of drug-likeness (QED) is 0.357. The molecule has 8 heteroatoms. The molecule has 0 saturated carbocycles. The summed E-state index contributed by atoms with van der Waals surface area (Å²) < 4.78 is 34.1. The van der Waals surface area contributed by atoms with E-state index < -0.39 is 10.0 Å². The topological polar surface area (TPSA) is 79.8 Å². The number of anilines is 1.